The molecule has 3 atom stereocenters. The molecule has 0 amide bonds. The van der Waals surface area contributed by atoms with E-state index in [0.717, 1.165) is 18.7 Å². The average molecular weight is 359 g/mol. The van der Waals surface area contributed by atoms with Gasteiger partial charge < -0.3 is 10.5 Å². The van der Waals surface area contributed by atoms with Crippen molar-refractivity contribution in [3.63, 3.8) is 0 Å². The summed E-state index contributed by atoms with van der Waals surface area (Å²) in [6.07, 6.45) is 10.0. The van der Waals surface area contributed by atoms with Crippen LogP contribution in [-0.2, 0) is 0 Å². The van der Waals surface area contributed by atoms with Crippen molar-refractivity contribution in [2.24, 2.45) is 5.92 Å². The molecule has 2 fully saturated rings. The third kappa shape index (κ3) is 3.62. The molecule has 1 aromatic heterocycles. The number of para-hydroxylation sites is 1. The number of hydrogen-bond donors (Lipinski definition) is 2. The molecule has 1 saturated carbocycles. The Morgan fingerprint density at radius 2 is 1.72 bits per heavy atom. The fourth-order valence-electron chi connectivity index (χ4n) is 4.51. The first-order valence-electron chi connectivity index (χ1n) is 9.69. The Morgan fingerprint density at radius 3 is 2.40 bits per heavy atom. The van der Waals surface area contributed by atoms with E-state index >= 15 is 0 Å². The number of anilines is 1. The van der Waals surface area contributed by atoms with E-state index in [1.54, 1.807) is 11.3 Å². The lowest BCUT2D eigenvalue weighted by atomic mass is 9.82. The van der Waals surface area contributed by atoms with E-state index in [4.69, 9.17) is 0 Å². The van der Waals surface area contributed by atoms with Crippen molar-refractivity contribution in [2.45, 2.75) is 57.0 Å². The molecule has 3 heterocycles. The number of nitrogens with one attached hydrogen (secondary N) is 1. The van der Waals surface area contributed by atoms with Crippen LogP contribution in [0.15, 0.2) is 41.8 Å². The van der Waals surface area contributed by atoms with E-state index in [1.165, 1.54) is 54.0 Å². The van der Waals surface area contributed by atoms with Crippen LogP contribution in [0.1, 0.15) is 68.9 Å². The molecule has 3 aliphatic rings. The fourth-order valence-corrected chi connectivity index (χ4v) is 5.36. The van der Waals surface area contributed by atoms with E-state index in [1.807, 2.05) is 6.07 Å². The molecule has 5 rings (SSSR count). The lowest BCUT2D eigenvalue weighted by Crippen LogP contribution is -2.32. The first-order chi connectivity index (χ1) is 12.3. The first kappa shape index (κ1) is 17.1. The predicted molar refractivity (Wildman–Crippen MR) is 106 cm³/mol. The maximum atomic E-state index is 10.2. The number of hydroxylamine groups is 2. The van der Waals surface area contributed by atoms with E-state index < -0.39 is 0 Å². The molecule has 2 aliphatic heterocycles. The quantitative estimate of drug-likeness (QED) is 0.632. The second-order valence-electron chi connectivity index (χ2n) is 7.41. The monoisotopic (exact) mass is 358 g/mol. The van der Waals surface area contributed by atoms with Crippen molar-refractivity contribution >= 4 is 17.0 Å². The minimum atomic E-state index is 0. The van der Waals surface area contributed by atoms with E-state index in [-0.39, 0.29) is 7.47 Å². The van der Waals surface area contributed by atoms with Crippen molar-refractivity contribution in [3.05, 3.63) is 52.2 Å². The summed E-state index contributed by atoms with van der Waals surface area (Å²) < 4.78 is 0. The Bertz CT molecular complexity index is 663. The molecule has 25 heavy (non-hydrogen) atoms. The van der Waals surface area contributed by atoms with Crippen molar-refractivity contribution in [1.29, 1.82) is 0 Å². The highest BCUT2D eigenvalue weighted by Gasteiger charge is 2.44. The van der Waals surface area contributed by atoms with Gasteiger partial charge in [-0.25, -0.2) is 0 Å². The van der Waals surface area contributed by atoms with Crippen LogP contribution in [0.4, 0.5) is 5.69 Å². The van der Waals surface area contributed by atoms with Gasteiger partial charge in [0, 0.05) is 24.5 Å². The first-order valence-corrected chi connectivity index (χ1v) is 10.6. The van der Waals surface area contributed by atoms with Crippen LogP contribution < -0.4 is 5.32 Å². The molecule has 2 N–H and O–H groups in total. The summed E-state index contributed by atoms with van der Waals surface area (Å²) in [4.78, 5) is 1.36. The summed E-state index contributed by atoms with van der Waals surface area (Å²) in [5.74, 6) is 0.443. The standard InChI is InChI=1S/C15H16N2OS.C6H12.H2/c18-17-8-7-11-14(13-6-3-9-19-13)16-12-5-2-1-4-10(12)15(11)17;1-2-4-6-5-3-1;/h1-6,9,11,14-16,18H,7-8H2;1-6H2;1H/t11-,14-,15+;;/m0../s1. The van der Waals surface area contributed by atoms with Crippen LogP contribution in [-0.4, -0.2) is 16.8 Å². The van der Waals surface area contributed by atoms with Crippen LogP contribution in [0.2, 0.25) is 0 Å². The molecular formula is C21H30N2OS. The topological polar surface area (TPSA) is 35.5 Å². The third-order valence-corrected chi connectivity index (χ3v) is 6.74. The molecule has 4 heteroatoms. The molecule has 136 valence electrons. The number of fused-ring (bicyclic) bond motifs is 3. The summed E-state index contributed by atoms with van der Waals surface area (Å²) in [6, 6.07) is 13.1. The second kappa shape index (κ2) is 7.90. The molecular weight excluding hydrogens is 328 g/mol. The maximum absolute atomic E-state index is 10.2. The Kier molecular flexibility index (Phi) is 5.39. The molecule has 2 aromatic rings. The average Bonchev–Trinajstić information content (AvgIpc) is 3.34. The highest BCUT2D eigenvalue weighted by molar-refractivity contribution is 7.10. The number of benzene rings is 1. The van der Waals surface area contributed by atoms with Gasteiger partial charge in [0.05, 0.1) is 12.1 Å². The van der Waals surface area contributed by atoms with Gasteiger partial charge in [-0.1, -0.05) is 62.8 Å². The van der Waals surface area contributed by atoms with Gasteiger partial charge in [0.2, 0.25) is 0 Å². The minimum Gasteiger partial charge on any atom is -0.377 e. The normalized spacial score (nSPS) is 28.3. The SMILES string of the molecule is C1CCCCC1.ON1CC[C@H]2[C@@H](c3cccs3)Nc3ccccc3[C@H]21.[HH]. The van der Waals surface area contributed by atoms with E-state index in [9.17, 15) is 5.21 Å². The van der Waals surface area contributed by atoms with Gasteiger partial charge >= 0.3 is 0 Å². The summed E-state index contributed by atoms with van der Waals surface area (Å²) in [5.41, 5.74) is 2.38. The van der Waals surface area contributed by atoms with Crippen molar-refractivity contribution in [2.75, 3.05) is 11.9 Å². The van der Waals surface area contributed by atoms with Crippen LogP contribution >= 0.6 is 11.3 Å². The van der Waals surface area contributed by atoms with Crippen molar-refractivity contribution in [3.8, 4) is 0 Å². The molecule has 1 saturated heterocycles. The van der Waals surface area contributed by atoms with Gasteiger partial charge in [-0.05, 0) is 29.5 Å². The van der Waals surface area contributed by atoms with Crippen LogP contribution in [0.5, 0.6) is 0 Å². The summed E-state index contributed by atoms with van der Waals surface area (Å²) in [5, 5.41) is 17.5. The summed E-state index contributed by atoms with van der Waals surface area (Å²) in [7, 11) is 0. The zero-order valence-electron chi connectivity index (χ0n) is 14.7. The largest absolute Gasteiger partial charge is 0.377 e. The Morgan fingerprint density at radius 1 is 1.00 bits per heavy atom. The van der Waals surface area contributed by atoms with Gasteiger partial charge in [-0.15, -0.1) is 11.3 Å². The van der Waals surface area contributed by atoms with Gasteiger partial charge in [-0.2, -0.15) is 5.06 Å². The van der Waals surface area contributed by atoms with Gasteiger partial charge in [0.15, 0.2) is 0 Å². The molecule has 1 aromatic carbocycles. The molecule has 1 aliphatic carbocycles. The number of hydrogen-bond acceptors (Lipinski definition) is 4. The zero-order valence-corrected chi connectivity index (χ0v) is 15.5. The van der Waals surface area contributed by atoms with Crippen molar-refractivity contribution in [1.82, 2.24) is 5.06 Å². The lowest BCUT2D eigenvalue weighted by Gasteiger charge is -2.37. The van der Waals surface area contributed by atoms with E-state index in [2.05, 4.69) is 41.0 Å². The summed E-state index contributed by atoms with van der Waals surface area (Å²) >= 11 is 1.79. The summed E-state index contributed by atoms with van der Waals surface area (Å²) in [6.45, 7) is 0.757. The molecule has 0 spiro atoms. The number of nitrogens with zero attached hydrogens (tertiary/aromatic N) is 1. The minimum absolute atomic E-state index is 0. The smallest absolute Gasteiger partial charge is 0.0671 e. The fraction of sp³-hybridized carbons (Fsp3) is 0.524. The highest BCUT2D eigenvalue weighted by Crippen LogP contribution is 2.50. The van der Waals surface area contributed by atoms with Crippen LogP contribution in [0, 0.1) is 5.92 Å². The molecule has 0 unspecified atom stereocenters. The number of thiophene rings is 1. The Labute approximate surface area is 156 Å². The van der Waals surface area contributed by atoms with Gasteiger partial charge in [0.25, 0.3) is 0 Å². The molecule has 0 radical (unpaired) electrons. The third-order valence-electron chi connectivity index (χ3n) is 5.79. The van der Waals surface area contributed by atoms with Gasteiger partial charge in [-0.3, -0.25) is 0 Å². The van der Waals surface area contributed by atoms with Gasteiger partial charge in [0.1, 0.15) is 0 Å². The second-order valence-corrected chi connectivity index (χ2v) is 8.39. The molecule has 3 nitrogen and oxygen atoms in total. The van der Waals surface area contributed by atoms with Crippen LogP contribution in [0.25, 0.3) is 0 Å². The Hall–Kier alpha value is -1.36. The Balaban J connectivity index is 0.000000241. The predicted octanol–water partition coefficient (Wildman–Crippen LogP) is 6.25. The number of rotatable bonds is 1. The van der Waals surface area contributed by atoms with E-state index in [0.29, 0.717) is 12.0 Å². The van der Waals surface area contributed by atoms with Crippen LogP contribution in [0.3, 0.4) is 0 Å². The lowest BCUT2D eigenvalue weighted by molar-refractivity contribution is -0.112. The zero-order chi connectivity index (χ0) is 17.1. The highest BCUT2D eigenvalue weighted by atomic mass is 32.1. The van der Waals surface area contributed by atoms with Crippen molar-refractivity contribution < 1.29 is 6.63 Å². The molecule has 0 bridgehead atoms. The maximum Gasteiger partial charge on any atom is 0.0671 e.